The minimum absolute atomic E-state index is 0.156. The van der Waals surface area contributed by atoms with Crippen LogP contribution in [0.5, 0.6) is 0 Å². The zero-order chi connectivity index (χ0) is 20.1. The summed E-state index contributed by atoms with van der Waals surface area (Å²) in [6, 6.07) is 12.4. The lowest BCUT2D eigenvalue weighted by Gasteiger charge is -2.23. The van der Waals surface area contributed by atoms with Crippen LogP contribution in [0.15, 0.2) is 42.5 Å². The number of nitrogens with zero attached hydrogens (tertiary/aromatic N) is 4. The zero-order valence-electron chi connectivity index (χ0n) is 15.9. The van der Waals surface area contributed by atoms with Gasteiger partial charge in [-0.15, -0.1) is 10.2 Å². The molecule has 3 aromatic rings. The van der Waals surface area contributed by atoms with Crippen LogP contribution in [-0.2, 0) is 16.1 Å². The first-order valence-corrected chi connectivity index (χ1v) is 9.19. The maximum absolute atomic E-state index is 12.3. The number of nitrogens with one attached hydrogen (secondary N) is 1. The van der Waals surface area contributed by atoms with E-state index >= 15 is 0 Å². The number of hydrogen-bond donors (Lipinski definition) is 1. The third-order valence-corrected chi connectivity index (χ3v) is 3.85. The molecular weight excluding hydrogens is 382 g/mol. The molecule has 9 heteroatoms. The van der Waals surface area contributed by atoms with Gasteiger partial charge in [-0.25, -0.2) is 4.79 Å². The monoisotopic (exact) mass is 403 g/mol. The van der Waals surface area contributed by atoms with Gasteiger partial charge in [0.25, 0.3) is 0 Å². The van der Waals surface area contributed by atoms with E-state index in [-0.39, 0.29) is 11.8 Å². The van der Waals surface area contributed by atoms with E-state index in [1.165, 1.54) is 4.52 Å². The molecule has 1 N–H and O–H groups in total. The van der Waals surface area contributed by atoms with Gasteiger partial charge in [0.05, 0.1) is 13.2 Å². The van der Waals surface area contributed by atoms with E-state index in [0.717, 1.165) is 5.56 Å². The topological polar surface area (TPSA) is 90.6 Å². The predicted molar refractivity (Wildman–Crippen MR) is 104 cm³/mol. The Labute approximate surface area is 167 Å². The van der Waals surface area contributed by atoms with Crippen LogP contribution >= 0.6 is 11.6 Å². The van der Waals surface area contributed by atoms with E-state index in [2.05, 4.69) is 20.6 Å². The van der Waals surface area contributed by atoms with Gasteiger partial charge in [-0.3, -0.25) is 0 Å². The molecule has 0 radical (unpaired) electrons. The molecule has 1 unspecified atom stereocenters. The van der Waals surface area contributed by atoms with Crippen LogP contribution in [0.4, 0.5) is 4.79 Å². The van der Waals surface area contributed by atoms with Crippen molar-refractivity contribution in [2.75, 3.05) is 6.61 Å². The van der Waals surface area contributed by atoms with Gasteiger partial charge in [0.2, 0.25) is 0 Å². The summed E-state index contributed by atoms with van der Waals surface area (Å²) in [7, 11) is 0. The molecule has 8 nitrogen and oxygen atoms in total. The molecule has 28 heavy (non-hydrogen) atoms. The number of hydrogen-bond acceptors (Lipinski definition) is 6. The third-order valence-electron chi connectivity index (χ3n) is 3.65. The number of rotatable bonds is 6. The predicted octanol–water partition coefficient (Wildman–Crippen LogP) is 3.56. The highest BCUT2D eigenvalue weighted by atomic mass is 35.5. The van der Waals surface area contributed by atoms with Gasteiger partial charge in [-0.2, -0.15) is 9.61 Å². The van der Waals surface area contributed by atoms with Gasteiger partial charge in [0.15, 0.2) is 11.5 Å². The van der Waals surface area contributed by atoms with Gasteiger partial charge >= 0.3 is 6.09 Å². The summed E-state index contributed by atoms with van der Waals surface area (Å²) >= 11 is 6.00. The van der Waals surface area contributed by atoms with E-state index in [0.29, 0.717) is 18.1 Å². The molecule has 1 atom stereocenters. The lowest BCUT2D eigenvalue weighted by molar-refractivity contribution is 0.0419. The maximum Gasteiger partial charge on any atom is 0.408 e. The highest BCUT2D eigenvalue weighted by Gasteiger charge is 2.25. The smallest absolute Gasteiger partial charge is 0.408 e. The molecule has 0 fully saturated rings. The molecule has 2 heterocycles. The van der Waals surface area contributed by atoms with Crippen LogP contribution in [0.2, 0.25) is 5.15 Å². The standard InChI is InChI=1S/C19H22ClN5O3/c1-19(2,3)28-18(26)21-14(12-27-11-13-7-5-4-6-8-13)17-23-22-16-10-9-15(20)24-25(16)17/h4-10,14H,11-12H2,1-3H3,(H,21,26). The molecular formula is C19H22ClN5O3. The second kappa shape index (κ2) is 8.53. The second-order valence-corrected chi connectivity index (χ2v) is 7.57. The van der Waals surface area contributed by atoms with Crippen molar-refractivity contribution in [1.82, 2.24) is 25.1 Å². The first-order chi connectivity index (χ1) is 13.3. The summed E-state index contributed by atoms with van der Waals surface area (Å²) in [5, 5.41) is 15.5. The van der Waals surface area contributed by atoms with Crippen LogP contribution in [0, 0.1) is 0 Å². The van der Waals surface area contributed by atoms with E-state index < -0.39 is 17.7 Å². The molecule has 0 saturated heterocycles. The Hall–Kier alpha value is -2.71. The lowest BCUT2D eigenvalue weighted by atomic mass is 10.2. The van der Waals surface area contributed by atoms with E-state index in [4.69, 9.17) is 21.1 Å². The molecule has 2 aromatic heterocycles. The van der Waals surface area contributed by atoms with Crippen molar-refractivity contribution in [3.05, 3.63) is 59.0 Å². The molecule has 0 spiro atoms. The van der Waals surface area contributed by atoms with E-state index in [1.54, 1.807) is 32.9 Å². The van der Waals surface area contributed by atoms with Crippen molar-refractivity contribution in [2.45, 2.75) is 39.0 Å². The van der Waals surface area contributed by atoms with Gasteiger partial charge in [-0.1, -0.05) is 41.9 Å². The summed E-state index contributed by atoms with van der Waals surface area (Å²) in [6.45, 7) is 5.92. The van der Waals surface area contributed by atoms with Gasteiger partial charge in [0.1, 0.15) is 16.8 Å². The molecule has 0 aliphatic carbocycles. The number of carbonyl (C=O) groups is 1. The average molecular weight is 404 g/mol. The van der Waals surface area contributed by atoms with Crippen molar-refractivity contribution in [3.63, 3.8) is 0 Å². The Morgan fingerprint density at radius 2 is 1.93 bits per heavy atom. The zero-order valence-corrected chi connectivity index (χ0v) is 16.7. The number of halogens is 1. The number of carbonyl (C=O) groups excluding carboxylic acids is 1. The Bertz CT molecular complexity index is 940. The number of aromatic nitrogens is 4. The average Bonchev–Trinajstić information content (AvgIpc) is 3.03. The SMILES string of the molecule is CC(C)(C)OC(=O)NC(COCc1ccccc1)c1nnc2ccc(Cl)nn12. The molecule has 148 valence electrons. The van der Waals surface area contributed by atoms with Gasteiger partial charge in [0, 0.05) is 0 Å². The molecule has 1 aromatic carbocycles. The quantitative estimate of drug-likeness (QED) is 0.676. The summed E-state index contributed by atoms with van der Waals surface area (Å²) in [4.78, 5) is 12.3. The Kier molecular flexibility index (Phi) is 6.11. The van der Waals surface area contributed by atoms with Crippen LogP contribution in [-0.4, -0.2) is 38.1 Å². The first-order valence-electron chi connectivity index (χ1n) is 8.81. The van der Waals surface area contributed by atoms with Crippen LogP contribution in [0.1, 0.15) is 38.2 Å². The Morgan fingerprint density at radius 1 is 1.18 bits per heavy atom. The lowest BCUT2D eigenvalue weighted by Crippen LogP contribution is -2.37. The fraction of sp³-hybridized carbons (Fsp3) is 0.368. The van der Waals surface area contributed by atoms with Crippen molar-refractivity contribution in [1.29, 1.82) is 0 Å². The molecule has 0 aliphatic rings. The van der Waals surface area contributed by atoms with E-state index in [1.807, 2.05) is 30.3 Å². The van der Waals surface area contributed by atoms with Crippen molar-refractivity contribution >= 4 is 23.3 Å². The highest BCUT2D eigenvalue weighted by molar-refractivity contribution is 6.29. The number of ether oxygens (including phenoxy) is 2. The third kappa shape index (κ3) is 5.40. The first kappa shape index (κ1) is 20.0. The summed E-state index contributed by atoms with van der Waals surface area (Å²) in [6.07, 6.45) is -0.584. The Balaban J connectivity index is 1.78. The second-order valence-electron chi connectivity index (χ2n) is 7.18. The molecule has 3 rings (SSSR count). The number of fused-ring (bicyclic) bond motifs is 1. The maximum atomic E-state index is 12.3. The van der Waals surface area contributed by atoms with Crippen LogP contribution in [0.3, 0.4) is 0 Å². The molecule has 0 saturated carbocycles. The minimum atomic E-state index is -0.631. The summed E-state index contributed by atoms with van der Waals surface area (Å²) < 4.78 is 12.6. The highest BCUT2D eigenvalue weighted by Crippen LogP contribution is 2.16. The number of amides is 1. The van der Waals surface area contributed by atoms with Gasteiger partial charge in [-0.05, 0) is 38.5 Å². The molecule has 1 amide bonds. The number of benzene rings is 1. The van der Waals surface area contributed by atoms with E-state index in [9.17, 15) is 4.79 Å². The van der Waals surface area contributed by atoms with Crippen molar-refractivity contribution < 1.29 is 14.3 Å². The van der Waals surface area contributed by atoms with Gasteiger partial charge < -0.3 is 14.8 Å². The normalized spacial score (nSPS) is 12.7. The minimum Gasteiger partial charge on any atom is -0.444 e. The van der Waals surface area contributed by atoms with Crippen molar-refractivity contribution in [3.8, 4) is 0 Å². The fourth-order valence-corrected chi connectivity index (χ4v) is 2.64. The number of alkyl carbamates (subject to hydrolysis) is 1. The summed E-state index contributed by atoms with van der Waals surface area (Å²) in [5.74, 6) is 0.399. The van der Waals surface area contributed by atoms with Crippen LogP contribution < -0.4 is 5.32 Å². The Morgan fingerprint density at radius 3 is 2.64 bits per heavy atom. The molecule has 0 aliphatic heterocycles. The van der Waals surface area contributed by atoms with Crippen molar-refractivity contribution in [2.24, 2.45) is 0 Å². The fourth-order valence-electron chi connectivity index (χ4n) is 2.50. The molecule has 0 bridgehead atoms. The largest absolute Gasteiger partial charge is 0.444 e. The summed E-state index contributed by atoms with van der Waals surface area (Å²) in [5.41, 5.74) is 0.901. The van der Waals surface area contributed by atoms with Crippen LogP contribution in [0.25, 0.3) is 5.65 Å².